The van der Waals surface area contributed by atoms with Gasteiger partial charge in [0.15, 0.2) is 0 Å². The summed E-state index contributed by atoms with van der Waals surface area (Å²) in [6, 6.07) is 50.8. The zero-order valence-corrected chi connectivity index (χ0v) is 23.7. The molecule has 0 saturated carbocycles. The van der Waals surface area contributed by atoms with E-state index >= 15 is 0 Å². The molecule has 0 N–H and O–H groups in total. The fourth-order valence-electron chi connectivity index (χ4n) is 8.27. The van der Waals surface area contributed by atoms with Crippen LogP contribution in [0.5, 0.6) is 11.5 Å². The summed E-state index contributed by atoms with van der Waals surface area (Å²) >= 11 is 0. The second-order valence-electron chi connectivity index (χ2n) is 12.0. The second-order valence-corrected chi connectivity index (χ2v) is 12.0. The largest absolute Gasteiger partial charge is 0.456 e. The summed E-state index contributed by atoms with van der Waals surface area (Å²) in [5.74, 6) is 1.86. The van der Waals surface area contributed by atoms with Crippen LogP contribution in [0.3, 0.4) is 0 Å². The first-order chi connectivity index (χ1) is 21.9. The number of benzene rings is 7. The highest BCUT2D eigenvalue weighted by molar-refractivity contribution is 7.00. The number of hydrogen-bond acceptors (Lipinski definition) is 1. The Kier molecular flexibility index (Phi) is 4.15. The molecule has 202 valence electrons. The van der Waals surface area contributed by atoms with Crippen LogP contribution in [-0.2, 0) is 0 Å². The lowest BCUT2D eigenvalue weighted by molar-refractivity contribution is 0.486. The molecule has 4 heteroatoms. The Labute approximate surface area is 253 Å². The molecule has 0 atom stereocenters. The Balaban J connectivity index is 1.35. The molecule has 0 amide bonds. The first kappa shape index (κ1) is 22.8. The van der Waals surface area contributed by atoms with Crippen molar-refractivity contribution in [3.05, 3.63) is 140 Å². The van der Waals surface area contributed by atoms with Gasteiger partial charge in [0.25, 0.3) is 6.71 Å². The molecule has 3 nitrogen and oxygen atoms in total. The maximum absolute atomic E-state index is 7.15. The molecule has 11 rings (SSSR count). The molecule has 0 radical (unpaired) electrons. The molecule has 2 aromatic heterocycles. The van der Waals surface area contributed by atoms with Crippen molar-refractivity contribution < 1.29 is 4.74 Å². The van der Waals surface area contributed by atoms with Crippen molar-refractivity contribution in [1.82, 2.24) is 9.13 Å². The van der Waals surface area contributed by atoms with E-state index in [0.717, 1.165) is 17.2 Å². The Morgan fingerprint density at radius 3 is 1.77 bits per heavy atom. The Morgan fingerprint density at radius 1 is 0.432 bits per heavy atom. The smallest absolute Gasteiger partial charge is 0.257 e. The molecule has 0 spiro atoms. The molecule has 9 aromatic rings. The lowest BCUT2D eigenvalue weighted by Crippen LogP contribution is -2.58. The number of ether oxygens (including phenoxy) is 1. The minimum absolute atomic E-state index is 0.0309. The number of para-hydroxylation sites is 4. The Bertz CT molecular complexity index is 2660. The van der Waals surface area contributed by atoms with E-state index in [1.807, 2.05) is 0 Å². The second kappa shape index (κ2) is 8.00. The first-order valence-electron chi connectivity index (χ1n) is 15.2. The highest BCUT2D eigenvalue weighted by atomic mass is 16.5. The summed E-state index contributed by atoms with van der Waals surface area (Å²) in [5, 5.41) is 7.55. The van der Waals surface area contributed by atoms with Crippen LogP contribution in [-0.4, -0.2) is 15.8 Å². The molecule has 0 fully saturated rings. The summed E-state index contributed by atoms with van der Waals surface area (Å²) in [6.07, 6.45) is 0. The van der Waals surface area contributed by atoms with Gasteiger partial charge in [-0.05, 0) is 63.6 Å². The Morgan fingerprint density at radius 2 is 1.02 bits per heavy atom. The van der Waals surface area contributed by atoms with Crippen molar-refractivity contribution in [2.24, 2.45) is 0 Å². The summed E-state index contributed by atoms with van der Waals surface area (Å²) in [4.78, 5) is 0. The predicted molar refractivity (Wildman–Crippen MR) is 184 cm³/mol. The minimum atomic E-state index is 0.0309. The molecule has 0 bridgehead atoms. The Hall–Kier alpha value is -5.74. The molecule has 7 aromatic carbocycles. The molecule has 4 heterocycles. The van der Waals surface area contributed by atoms with Gasteiger partial charge in [-0.1, -0.05) is 103 Å². The van der Waals surface area contributed by atoms with Crippen molar-refractivity contribution in [2.75, 3.05) is 0 Å². The van der Waals surface area contributed by atoms with E-state index in [1.54, 1.807) is 0 Å². The van der Waals surface area contributed by atoms with Crippen LogP contribution in [0, 0.1) is 0 Å². The summed E-state index contributed by atoms with van der Waals surface area (Å²) in [7, 11) is 0. The van der Waals surface area contributed by atoms with Gasteiger partial charge in [-0.3, -0.25) is 0 Å². The van der Waals surface area contributed by atoms with Gasteiger partial charge in [0.2, 0.25) is 0 Å². The van der Waals surface area contributed by atoms with Crippen LogP contribution < -0.4 is 21.1 Å². The monoisotopic (exact) mass is 558 g/mol. The van der Waals surface area contributed by atoms with Gasteiger partial charge in [0.05, 0.1) is 22.2 Å². The lowest BCUT2D eigenvalue weighted by Gasteiger charge is -2.35. The van der Waals surface area contributed by atoms with Crippen molar-refractivity contribution in [3.63, 3.8) is 0 Å². The SMILES string of the molecule is c1ccc2c3c(ccc2c1)Oc1c(-n2c4ccccc4c4ccccc42)ccc2c1B3c1cccc3c4ccccc4n-2c13. The first-order valence-corrected chi connectivity index (χ1v) is 15.2. The van der Waals surface area contributed by atoms with E-state index in [9.17, 15) is 0 Å². The molecule has 0 aliphatic carbocycles. The van der Waals surface area contributed by atoms with Gasteiger partial charge in [-0.25, -0.2) is 0 Å². The molecule has 2 aliphatic rings. The van der Waals surface area contributed by atoms with Gasteiger partial charge in [0.1, 0.15) is 11.5 Å². The number of fused-ring (bicyclic) bond motifs is 12. The van der Waals surface area contributed by atoms with Gasteiger partial charge in [-0.15, -0.1) is 0 Å². The van der Waals surface area contributed by atoms with Crippen LogP contribution in [0.4, 0.5) is 0 Å². The highest BCUT2D eigenvalue weighted by Crippen LogP contribution is 2.42. The average Bonchev–Trinajstić information content (AvgIpc) is 3.60. The fourth-order valence-corrected chi connectivity index (χ4v) is 8.27. The van der Waals surface area contributed by atoms with E-state index in [2.05, 4.69) is 149 Å². The van der Waals surface area contributed by atoms with Crippen molar-refractivity contribution >= 4 is 77.5 Å². The van der Waals surface area contributed by atoms with E-state index in [0.29, 0.717) is 0 Å². The topological polar surface area (TPSA) is 19.1 Å². The third-order valence-corrected chi connectivity index (χ3v) is 9.97. The fraction of sp³-hybridized carbons (Fsp3) is 0. The number of rotatable bonds is 1. The average molecular weight is 558 g/mol. The number of hydrogen-bond donors (Lipinski definition) is 0. The summed E-state index contributed by atoms with van der Waals surface area (Å²) < 4.78 is 12.0. The molecular weight excluding hydrogens is 535 g/mol. The van der Waals surface area contributed by atoms with Crippen molar-refractivity contribution in [1.29, 1.82) is 0 Å². The van der Waals surface area contributed by atoms with Crippen LogP contribution in [0.15, 0.2) is 140 Å². The van der Waals surface area contributed by atoms with Crippen molar-refractivity contribution in [2.45, 2.75) is 0 Å². The third-order valence-electron chi connectivity index (χ3n) is 9.97. The normalized spacial score (nSPS) is 13.1. The minimum Gasteiger partial charge on any atom is -0.456 e. The maximum atomic E-state index is 7.15. The quantitative estimate of drug-likeness (QED) is 0.187. The molecule has 0 saturated heterocycles. The van der Waals surface area contributed by atoms with Gasteiger partial charge in [-0.2, -0.15) is 0 Å². The maximum Gasteiger partial charge on any atom is 0.257 e. The summed E-state index contributed by atoms with van der Waals surface area (Å²) in [6.45, 7) is 0.0309. The molecule has 0 unspecified atom stereocenters. The van der Waals surface area contributed by atoms with Gasteiger partial charge < -0.3 is 13.9 Å². The number of aromatic nitrogens is 2. The van der Waals surface area contributed by atoms with Crippen LogP contribution in [0.2, 0.25) is 0 Å². The molecular formula is C40H23BN2O. The lowest BCUT2D eigenvalue weighted by atomic mass is 9.34. The van der Waals surface area contributed by atoms with E-state index < -0.39 is 0 Å². The number of nitrogens with zero attached hydrogens (tertiary/aromatic N) is 2. The zero-order chi connectivity index (χ0) is 28.5. The highest BCUT2D eigenvalue weighted by Gasteiger charge is 2.42. The van der Waals surface area contributed by atoms with Gasteiger partial charge >= 0.3 is 0 Å². The van der Waals surface area contributed by atoms with E-state index in [4.69, 9.17) is 4.74 Å². The van der Waals surface area contributed by atoms with Crippen LogP contribution in [0.1, 0.15) is 0 Å². The van der Waals surface area contributed by atoms with E-state index in [1.165, 1.54) is 76.5 Å². The predicted octanol–water partition coefficient (Wildman–Crippen LogP) is 7.97. The van der Waals surface area contributed by atoms with Crippen LogP contribution >= 0.6 is 0 Å². The van der Waals surface area contributed by atoms with Crippen molar-refractivity contribution in [3.8, 4) is 22.9 Å². The van der Waals surface area contributed by atoms with Gasteiger partial charge in [0, 0.05) is 32.7 Å². The van der Waals surface area contributed by atoms with Crippen LogP contribution in [0.25, 0.3) is 65.8 Å². The van der Waals surface area contributed by atoms with E-state index in [-0.39, 0.29) is 6.71 Å². The standard InChI is InChI=1S/C40H23BN2O/c1-2-11-25-24(10-1)20-23-36-37(25)41-30-16-9-15-29-28-14-5-8-19-33(28)43(39(29)30)34-21-22-35(40(44-36)38(34)41)42-31-17-6-3-12-26(31)27-13-4-7-18-32(27)42/h1-23H. The summed E-state index contributed by atoms with van der Waals surface area (Å²) in [5.41, 5.74) is 10.9. The third kappa shape index (κ3) is 2.66. The molecule has 44 heavy (non-hydrogen) atoms. The zero-order valence-electron chi connectivity index (χ0n) is 23.7. The molecule has 2 aliphatic heterocycles.